The van der Waals surface area contributed by atoms with Crippen LogP contribution in [0.4, 0.5) is 11.4 Å². The number of carbonyl (C=O) groups is 1. The highest BCUT2D eigenvalue weighted by Crippen LogP contribution is 2.38. The summed E-state index contributed by atoms with van der Waals surface area (Å²) in [6.07, 6.45) is 1.84. The van der Waals surface area contributed by atoms with Crippen molar-refractivity contribution in [3.8, 4) is 0 Å². The second-order valence-corrected chi connectivity index (χ2v) is 6.05. The summed E-state index contributed by atoms with van der Waals surface area (Å²) < 4.78 is 0. The van der Waals surface area contributed by atoms with Gasteiger partial charge in [0.1, 0.15) is 11.9 Å². The molecular weight excluding hydrogens is 298 g/mol. The predicted octanol–water partition coefficient (Wildman–Crippen LogP) is 2.69. The third-order valence-corrected chi connectivity index (χ3v) is 4.25. The van der Waals surface area contributed by atoms with Crippen molar-refractivity contribution in [2.45, 2.75) is 13.3 Å². The number of para-hydroxylation sites is 1. The maximum absolute atomic E-state index is 11.4. The first-order chi connectivity index (χ1) is 11.0. The molecule has 3 rings (SSSR count). The van der Waals surface area contributed by atoms with Crippen LogP contribution in [0.25, 0.3) is 10.9 Å². The number of hydrogen-bond acceptors (Lipinski definition) is 5. The molecule has 1 aromatic heterocycles. The van der Waals surface area contributed by atoms with Gasteiger partial charge in [-0.05, 0) is 18.4 Å². The van der Waals surface area contributed by atoms with E-state index in [0.29, 0.717) is 29.6 Å². The third-order valence-electron chi connectivity index (χ3n) is 4.25. The number of nitrogens with zero attached hydrogens (tertiary/aromatic N) is 3. The van der Waals surface area contributed by atoms with Crippen molar-refractivity contribution in [3.05, 3.63) is 40.6 Å². The molecule has 1 fully saturated rings. The van der Waals surface area contributed by atoms with E-state index in [2.05, 4.69) is 4.98 Å². The van der Waals surface area contributed by atoms with Crippen LogP contribution in [-0.2, 0) is 4.79 Å². The Hall–Kier alpha value is -2.70. The average molecular weight is 315 g/mol. The minimum Gasteiger partial charge on any atom is -0.481 e. The molecule has 23 heavy (non-hydrogen) atoms. The molecule has 1 N–H and O–H groups in total. The summed E-state index contributed by atoms with van der Waals surface area (Å²) in [6.45, 7) is 2.84. The molecule has 2 atom stereocenters. The number of carboxylic acids is 1. The standard InChI is InChI=1S/C16H17N3O4/c1-10-6-11(16(20)21)9-18(8-10)15-12-4-2-3-5-13(12)17-7-14(15)19(22)23/h2-5,7,10-11H,6,8-9H2,1H3,(H,20,21). The van der Waals surface area contributed by atoms with E-state index >= 15 is 0 Å². The van der Waals surface area contributed by atoms with E-state index in [1.54, 1.807) is 18.2 Å². The largest absolute Gasteiger partial charge is 0.481 e. The molecule has 7 heteroatoms. The van der Waals surface area contributed by atoms with Crippen LogP contribution in [0.15, 0.2) is 30.5 Å². The van der Waals surface area contributed by atoms with Gasteiger partial charge in [0.05, 0.1) is 16.4 Å². The zero-order valence-electron chi connectivity index (χ0n) is 12.7. The second kappa shape index (κ2) is 5.83. The summed E-state index contributed by atoms with van der Waals surface area (Å²) in [5.41, 5.74) is 1.05. The quantitative estimate of drug-likeness (QED) is 0.691. The van der Waals surface area contributed by atoms with Crippen molar-refractivity contribution < 1.29 is 14.8 Å². The highest BCUT2D eigenvalue weighted by molar-refractivity contribution is 5.96. The first-order valence-corrected chi connectivity index (χ1v) is 7.47. The normalized spacial score (nSPS) is 21.3. The minimum absolute atomic E-state index is 0.0815. The Morgan fingerprint density at radius 3 is 2.83 bits per heavy atom. The van der Waals surface area contributed by atoms with Crippen LogP contribution < -0.4 is 4.90 Å². The van der Waals surface area contributed by atoms with Crippen molar-refractivity contribution in [2.75, 3.05) is 18.0 Å². The molecule has 2 heterocycles. The summed E-state index contributed by atoms with van der Waals surface area (Å²) in [5.74, 6) is -1.23. The lowest BCUT2D eigenvalue weighted by Crippen LogP contribution is -2.42. The van der Waals surface area contributed by atoms with Gasteiger partial charge < -0.3 is 10.0 Å². The van der Waals surface area contributed by atoms with E-state index in [4.69, 9.17) is 0 Å². The molecule has 1 aliphatic rings. The van der Waals surface area contributed by atoms with Crippen molar-refractivity contribution in [2.24, 2.45) is 11.8 Å². The van der Waals surface area contributed by atoms with Gasteiger partial charge in [-0.1, -0.05) is 25.1 Å². The number of nitro groups is 1. The van der Waals surface area contributed by atoms with Crippen LogP contribution in [0.3, 0.4) is 0 Å². The number of anilines is 1. The molecule has 2 aromatic rings. The smallest absolute Gasteiger partial charge is 0.311 e. The molecule has 1 saturated heterocycles. The SMILES string of the molecule is CC1CC(C(=O)O)CN(c2c([N+](=O)[O-])cnc3ccccc23)C1. The topological polar surface area (TPSA) is 96.6 Å². The number of hydrogen-bond donors (Lipinski definition) is 1. The molecule has 7 nitrogen and oxygen atoms in total. The Balaban J connectivity index is 2.15. The van der Waals surface area contributed by atoms with Crippen molar-refractivity contribution in [1.82, 2.24) is 4.98 Å². The van der Waals surface area contributed by atoms with Crippen LogP contribution in [0.1, 0.15) is 13.3 Å². The molecule has 0 amide bonds. The van der Waals surface area contributed by atoms with Crippen LogP contribution in [0, 0.1) is 22.0 Å². The number of rotatable bonds is 3. The second-order valence-electron chi connectivity index (χ2n) is 6.05. The highest BCUT2D eigenvalue weighted by Gasteiger charge is 2.33. The number of aliphatic carboxylic acids is 1. The lowest BCUT2D eigenvalue weighted by atomic mass is 9.90. The summed E-state index contributed by atoms with van der Waals surface area (Å²) in [4.78, 5) is 28.3. The fraction of sp³-hybridized carbons (Fsp3) is 0.375. The Labute approximate surface area is 132 Å². The Kier molecular flexibility index (Phi) is 3.85. The van der Waals surface area contributed by atoms with Gasteiger partial charge >= 0.3 is 11.7 Å². The van der Waals surface area contributed by atoms with E-state index in [0.717, 1.165) is 0 Å². The van der Waals surface area contributed by atoms with E-state index in [-0.39, 0.29) is 18.2 Å². The average Bonchev–Trinajstić information content (AvgIpc) is 2.52. The Bertz CT molecular complexity index is 777. The molecule has 0 radical (unpaired) electrons. The lowest BCUT2D eigenvalue weighted by molar-refractivity contribution is -0.384. The van der Waals surface area contributed by atoms with Gasteiger partial charge in [-0.3, -0.25) is 14.9 Å². The highest BCUT2D eigenvalue weighted by atomic mass is 16.6. The van der Waals surface area contributed by atoms with Gasteiger partial charge in [0.25, 0.3) is 0 Å². The minimum atomic E-state index is -0.859. The number of piperidine rings is 1. The van der Waals surface area contributed by atoms with Gasteiger partial charge in [-0.2, -0.15) is 0 Å². The van der Waals surface area contributed by atoms with Gasteiger partial charge in [-0.25, -0.2) is 4.98 Å². The predicted molar refractivity (Wildman–Crippen MR) is 85.5 cm³/mol. The molecule has 0 aliphatic carbocycles. The number of carboxylic acid groups (broad SMARTS) is 1. The van der Waals surface area contributed by atoms with E-state index in [1.165, 1.54) is 6.20 Å². The summed E-state index contributed by atoms with van der Waals surface area (Å²) in [5, 5.41) is 21.4. The van der Waals surface area contributed by atoms with Crippen LogP contribution in [0.2, 0.25) is 0 Å². The third kappa shape index (κ3) is 2.81. The van der Waals surface area contributed by atoms with Crippen molar-refractivity contribution in [1.29, 1.82) is 0 Å². The molecule has 0 bridgehead atoms. The zero-order valence-corrected chi connectivity index (χ0v) is 12.7. The first kappa shape index (κ1) is 15.2. The van der Waals surface area contributed by atoms with E-state index in [1.807, 2.05) is 17.9 Å². The van der Waals surface area contributed by atoms with Gasteiger partial charge in [-0.15, -0.1) is 0 Å². The van der Waals surface area contributed by atoms with Crippen LogP contribution >= 0.6 is 0 Å². The van der Waals surface area contributed by atoms with Gasteiger partial charge in [0.15, 0.2) is 0 Å². The summed E-state index contributed by atoms with van der Waals surface area (Å²) in [6, 6.07) is 7.22. The molecule has 1 aromatic carbocycles. The summed E-state index contributed by atoms with van der Waals surface area (Å²) in [7, 11) is 0. The van der Waals surface area contributed by atoms with Crippen LogP contribution in [-0.4, -0.2) is 34.1 Å². The lowest BCUT2D eigenvalue weighted by Gasteiger charge is -2.36. The van der Waals surface area contributed by atoms with E-state index < -0.39 is 16.8 Å². The number of fused-ring (bicyclic) bond motifs is 1. The fourth-order valence-electron chi connectivity index (χ4n) is 3.30. The fourth-order valence-corrected chi connectivity index (χ4v) is 3.30. The van der Waals surface area contributed by atoms with Crippen LogP contribution in [0.5, 0.6) is 0 Å². The van der Waals surface area contributed by atoms with Gasteiger partial charge in [0, 0.05) is 18.5 Å². The molecular formula is C16H17N3O4. The maximum atomic E-state index is 11.4. The molecule has 0 saturated carbocycles. The van der Waals surface area contributed by atoms with Crippen molar-refractivity contribution >= 4 is 28.2 Å². The number of benzene rings is 1. The Morgan fingerprint density at radius 1 is 1.39 bits per heavy atom. The van der Waals surface area contributed by atoms with E-state index in [9.17, 15) is 20.0 Å². The maximum Gasteiger partial charge on any atom is 0.311 e. The molecule has 120 valence electrons. The number of aromatic nitrogens is 1. The first-order valence-electron chi connectivity index (χ1n) is 7.47. The molecule has 2 unspecified atom stereocenters. The Morgan fingerprint density at radius 2 is 2.13 bits per heavy atom. The monoisotopic (exact) mass is 315 g/mol. The zero-order chi connectivity index (χ0) is 16.6. The molecule has 1 aliphatic heterocycles. The number of pyridine rings is 1. The summed E-state index contributed by atoms with van der Waals surface area (Å²) >= 11 is 0. The van der Waals surface area contributed by atoms with Crippen molar-refractivity contribution in [3.63, 3.8) is 0 Å². The molecule has 0 spiro atoms. The van der Waals surface area contributed by atoms with Gasteiger partial charge in [0.2, 0.25) is 0 Å².